The molecule has 2 aromatic rings. The summed E-state index contributed by atoms with van der Waals surface area (Å²) in [7, 11) is 0. The second-order valence-electron chi connectivity index (χ2n) is 5.75. The van der Waals surface area contributed by atoms with E-state index in [1.165, 1.54) is 12.5 Å². The topological polar surface area (TPSA) is 44.1 Å². The van der Waals surface area contributed by atoms with Gasteiger partial charge < -0.3 is 4.90 Å². The van der Waals surface area contributed by atoms with Gasteiger partial charge in [0.1, 0.15) is 11.8 Å². The number of nitriles is 1. The summed E-state index contributed by atoms with van der Waals surface area (Å²) in [5.74, 6) is 0.133. The smallest absolute Gasteiger partial charge is 0.224 e. The molecule has 3 heteroatoms. The minimum Gasteiger partial charge on any atom is -0.303 e. The van der Waals surface area contributed by atoms with Gasteiger partial charge in [-0.3, -0.25) is 4.79 Å². The Kier molecular flexibility index (Phi) is 4.25. The van der Waals surface area contributed by atoms with Crippen LogP contribution in [0.4, 0.5) is 0 Å². The molecule has 0 saturated heterocycles. The summed E-state index contributed by atoms with van der Waals surface area (Å²) in [6.45, 7) is 2.04. The average Bonchev–Trinajstić information content (AvgIpc) is 2.62. The van der Waals surface area contributed by atoms with Crippen LogP contribution < -0.4 is 0 Å². The van der Waals surface area contributed by atoms with E-state index >= 15 is 0 Å². The summed E-state index contributed by atoms with van der Waals surface area (Å²) in [6.07, 6.45) is 1.93. The standard InChI is InChI=1S/C20H18N2O/c1-15(23)22-14-20(17-10-6-3-7-11-17)19(12-18(22)13-21)16-8-4-2-5-9-16/h2-12,19-20H,14H2,1H3. The molecule has 0 bridgehead atoms. The van der Waals surface area contributed by atoms with Crippen molar-refractivity contribution in [2.45, 2.75) is 18.8 Å². The first-order valence-corrected chi connectivity index (χ1v) is 7.70. The lowest BCUT2D eigenvalue weighted by Gasteiger charge is -2.36. The van der Waals surface area contributed by atoms with Crippen molar-refractivity contribution in [2.75, 3.05) is 6.54 Å². The Morgan fingerprint density at radius 3 is 2.13 bits per heavy atom. The van der Waals surface area contributed by atoms with Crippen LogP contribution in [0.15, 0.2) is 72.4 Å². The monoisotopic (exact) mass is 302 g/mol. The average molecular weight is 302 g/mol. The molecule has 0 spiro atoms. The number of carbonyl (C=O) groups excluding carboxylic acids is 1. The molecule has 1 aliphatic rings. The molecule has 0 aromatic heterocycles. The van der Waals surface area contributed by atoms with E-state index in [0.717, 1.165) is 5.56 Å². The van der Waals surface area contributed by atoms with Crippen molar-refractivity contribution < 1.29 is 4.79 Å². The molecule has 3 rings (SSSR count). The molecule has 2 atom stereocenters. The number of benzene rings is 2. The summed E-state index contributed by atoms with van der Waals surface area (Å²) in [5.41, 5.74) is 2.79. The lowest BCUT2D eigenvalue weighted by molar-refractivity contribution is -0.127. The predicted octanol–water partition coefficient (Wildman–Crippen LogP) is 3.82. The quantitative estimate of drug-likeness (QED) is 0.846. The molecule has 1 aliphatic heterocycles. The van der Waals surface area contributed by atoms with Gasteiger partial charge >= 0.3 is 0 Å². The van der Waals surface area contributed by atoms with Gasteiger partial charge in [-0.15, -0.1) is 0 Å². The first kappa shape index (κ1) is 15.1. The highest BCUT2D eigenvalue weighted by atomic mass is 16.2. The fraction of sp³-hybridized carbons (Fsp3) is 0.200. The largest absolute Gasteiger partial charge is 0.303 e. The second kappa shape index (κ2) is 6.50. The zero-order valence-electron chi connectivity index (χ0n) is 13.0. The van der Waals surface area contributed by atoms with Crippen molar-refractivity contribution in [3.05, 3.63) is 83.6 Å². The molecule has 1 heterocycles. The molecule has 114 valence electrons. The van der Waals surface area contributed by atoms with Gasteiger partial charge in [-0.25, -0.2) is 0 Å². The molecule has 3 nitrogen and oxygen atoms in total. The lowest BCUT2D eigenvalue weighted by Crippen LogP contribution is -2.37. The van der Waals surface area contributed by atoms with Gasteiger partial charge in [-0.1, -0.05) is 60.7 Å². The molecule has 0 saturated carbocycles. The van der Waals surface area contributed by atoms with E-state index < -0.39 is 0 Å². The Hall–Kier alpha value is -2.86. The number of carbonyl (C=O) groups is 1. The Balaban J connectivity index is 2.10. The van der Waals surface area contributed by atoms with E-state index in [1.807, 2.05) is 42.5 Å². The molecular weight excluding hydrogens is 284 g/mol. The minimum atomic E-state index is -0.0924. The van der Waals surface area contributed by atoms with E-state index in [0.29, 0.717) is 12.2 Å². The Morgan fingerprint density at radius 2 is 1.61 bits per heavy atom. The fourth-order valence-electron chi connectivity index (χ4n) is 3.20. The van der Waals surface area contributed by atoms with Crippen LogP contribution in [0.1, 0.15) is 29.9 Å². The highest BCUT2D eigenvalue weighted by Gasteiger charge is 2.33. The Bertz CT molecular complexity index is 759. The zero-order chi connectivity index (χ0) is 16.2. The zero-order valence-corrected chi connectivity index (χ0v) is 13.0. The number of allylic oxidation sites excluding steroid dienone is 2. The number of rotatable bonds is 2. The Morgan fingerprint density at radius 1 is 1.04 bits per heavy atom. The summed E-state index contributed by atoms with van der Waals surface area (Å²) in [5, 5.41) is 9.42. The molecule has 1 amide bonds. The third-order valence-electron chi connectivity index (χ3n) is 4.35. The fourth-order valence-corrected chi connectivity index (χ4v) is 3.20. The van der Waals surface area contributed by atoms with Crippen molar-refractivity contribution in [3.8, 4) is 6.07 Å². The molecule has 2 unspecified atom stereocenters. The van der Waals surface area contributed by atoms with Gasteiger partial charge in [0.15, 0.2) is 0 Å². The van der Waals surface area contributed by atoms with Crippen molar-refractivity contribution >= 4 is 5.91 Å². The molecular formula is C20H18N2O. The molecule has 0 N–H and O–H groups in total. The van der Waals surface area contributed by atoms with Gasteiger partial charge in [-0.2, -0.15) is 5.26 Å². The van der Waals surface area contributed by atoms with Crippen LogP contribution >= 0.6 is 0 Å². The number of amides is 1. The van der Waals surface area contributed by atoms with Crippen LogP contribution in [0.5, 0.6) is 0 Å². The first-order chi connectivity index (χ1) is 11.2. The van der Waals surface area contributed by atoms with Gasteiger partial charge in [-0.05, 0) is 17.2 Å². The normalized spacial score (nSPS) is 20.5. The molecule has 2 aromatic carbocycles. The maximum absolute atomic E-state index is 11.9. The molecule has 0 fully saturated rings. The number of hydrogen-bond acceptors (Lipinski definition) is 2. The molecule has 0 radical (unpaired) electrons. The van der Waals surface area contributed by atoms with Gasteiger partial charge in [0.05, 0.1) is 0 Å². The summed E-state index contributed by atoms with van der Waals surface area (Å²) < 4.78 is 0. The van der Waals surface area contributed by atoms with Crippen molar-refractivity contribution in [1.82, 2.24) is 4.90 Å². The summed E-state index contributed by atoms with van der Waals surface area (Å²) in [6, 6.07) is 22.5. The third kappa shape index (κ3) is 3.02. The van der Waals surface area contributed by atoms with Crippen LogP contribution in [-0.4, -0.2) is 17.4 Å². The van der Waals surface area contributed by atoms with E-state index in [-0.39, 0.29) is 17.7 Å². The van der Waals surface area contributed by atoms with Crippen LogP contribution in [0, 0.1) is 11.3 Å². The molecule has 0 aliphatic carbocycles. The van der Waals surface area contributed by atoms with Gasteiger partial charge in [0.25, 0.3) is 0 Å². The first-order valence-electron chi connectivity index (χ1n) is 7.70. The number of nitrogens with zero attached hydrogens (tertiary/aromatic N) is 2. The van der Waals surface area contributed by atoms with E-state index in [9.17, 15) is 10.1 Å². The van der Waals surface area contributed by atoms with Crippen LogP contribution in [-0.2, 0) is 4.79 Å². The van der Waals surface area contributed by atoms with Crippen LogP contribution in [0.2, 0.25) is 0 Å². The summed E-state index contributed by atoms with van der Waals surface area (Å²) in [4.78, 5) is 13.5. The van der Waals surface area contributed by atoms with Crippen LogP contribution in [0.3, 0.4) is 0 Å². The Labute approximate surface area is 136 Å². The molecule has 23 heavy (non-hydrogen) atoms. The van der Waals surface area contributed by atoms with E-state index in [1.54, 1.807) is 4.90 Å². The highest BCUT2D eigenvalue weighted by Crippen LogP contribution is 2.39. The highest BCUT2D eigenvalue weighted by molar-refractivity contribution is 5.76. The van der Waals surface area contributed by atoms with Crippen LogP contribution in [0.25, 0.3) is 0 Å². The van der Waals surface area contributed by atoms with Crippen molar-refractivity contribution in [2.24, 2.45) is 0 Å². The lowest BCUT2D eigenvalue weighted by atomic mass is 9.78. The maximum atomic E-state index is 11.9. The van der Waals surface area contributed by atoms with Gasteiger partial charge in [0.2, 0.25) is 5.91 Å². The third-order valence-corrected chi connectivity index (χ3v) is 4.35. The maximum Gasteiger partial charge on any atom is 0.224 e. The second-order valence-corrected chi connectivity index (χ2v) is 5.75. The predicted molar refractivity (Wildman–Crippen MR) is 89.4 cm³/mol. The van der Waals surface area contributed by atoms with E-state index in [2.05, 4.69) is 30.3 Å². The minimum absolute atomic E-state index is 0.0869. The summed E-state index contributed by atoms with van der Waals surface area (Å²) >= 11 is 0. The SMILES string of the molecule is CC(=O)N1CC(c2ccccc2)C(c2ccccc2)C=C1C#N. The van der Waals surface area contributed by atoms with Crippen molar-refractivity contribution in [3.63, 3.8) is 0 Å². The van der Waals surface area contributed by atoms with Crippen molar-refractivity contribution in [1.29, 1.82) is 5.26 Å². The number of hydrogen-bond donors (Lipinski definition) is 0. The van der Waals surface area contributed by atoms with Gasteiger partial charge in [0, 0.05) is 25.3 Å². The van der Waals surface area contributed by atoms with E-state index in [4.69, 9.17) is 0 Å².